The molecule has 0 aliphatic carbocycles. The molecular weight excluding hydrogens is 204 g/mol. The molecule has 0 saturated carbocycles. The summed E-state index contributed by atoms with van der Waals surface area (Å²) >= 11 is 0. The van der Waals surface area contributed by atoms with E-state index in [9.17, 15) is 0 Å². The molecule has 1 aliphatic heterocycles. The van der Waals surface area contributed by atoms with Gasteiger partial charge in [-0.1, -0.05) is 0 Å². The molecule has 4 heteroatoms. The molecule has 0 spiro atoms. The minimum Gasteiger partial charge on any atom is -0.493 e. The predicted octanol–water partition coefficient (Wildman–Crippen LogP) is 1.50. The van der Waals surface area contributed by atoms with Gasteiger partial charge < -0.3 is 9.47 Å². The van der Waals surface area contributed by atoms with Crippen LogP contribution < -0.4 is 15.3 Å². The van der Waals surface area contributed by atoms with Crippen molar-refractivity contribution in [3.8, 4) is 11.5 Å². The lowest BCUT2D eigenvalue weighted by Gasteiger charge is -2.32. The van der Waals surface area contributed by atoms with Crippen LogP contribution in [0.1, 0.15) is 24.1 Å². The molecule has 1 atom stereocenters. The molecule has 0 bridgehead atoms. The quantitative estimate of drug-likeness (QED) is 0.770. The maximum Gasteiger partial charge on any atom is 0.161 e. The van der Waals surface area contributed by atoms with Gasteiger partial charge in [0.25, 0.3) is 0 Å². The molecule has 2 rings (SSSR count). The summed E-state index contributed by atoms with van der Waals surface area (Å²) in [7, 11) is 3.31. The molecule has 2 N–H and O–H groups in total. The van der Waals surface area contributed by atoms with Crippen LogP contribution in [0.5, 0.6) is 11.5 Å². The van der Waals surface area contributed by atoms with E-state index in [1.807, 2.05) is 11.1 Å². The van der Waals surface area contributed by atoms with E-state index >= 15 is 0 Å². The van der Waals surface area contributed by atoms with Crippen LogP contribution in [0, 0.1) is 0 Å². The van der Waals surface area contributed by atoms with E-state index in [-0.39, 0.29) is 6.04 Å². The van der Waals surface area contributed by atoms with Crippen LogP contribution in [0.3, 0.4) is 0 Å². The Morgan fingerprint density at radius 3 is 2.50 bits per heavy atom. The molecule has 0 radical (unpaired) electrons. The van der Waals surface area contributed by atoms with Crippen LogP contribution in [-0.2, 0) is 6.42 Å². The van der Waals surface area contributed by atoms with Crippen molar-refractivity contribution in [1.29, 1.82) is 0 Å². The van der Waals surface area contributed by atoms with Gasteiger partial charge in [0.2, 0.25) is 0 Å². The number of methoxy groups -OCH3 is 2. The second kappa shape index (κ2) is 4.31. The van der Waals surface area contributed by atoms with Gasteiger partial charge in [0, 0.05) is 12.6 Å². The molecule has 0 saturated heterocycles. The monoisotopic (exact) mass is 222 g/mol. The molecule has 16 heavy (non-hydrogen) atoms. The van der Waals surface area contributed by atoms with Crippen molar-refractivity contribution < 1.29 is 9.47 Å². The van der Waals surface area contributed by atoms with Gasteiger partial charge in [-0.15, -0.1) is 0 Å². The normalized spacial score (nSPS) is 20.4. The fraction of sp³-hybridized carbons (Fsp3) is 0.500. The molecule has 0 amide bonds. The number of nitrogens with two attached hydrogens (primary N) is 1. The minimum absolute atomic E-state index is 0.226. The number of hydrogen-bond acceptors (Lipinski definition) is 4. The molecule has 88 valence electrons. The van der Waals surface area contributed by atoms with Gasteiger partial charge in [0.05, 0.1) is 14.2 Å². The standard InChI is InChI=1S/C12H18N2O2/c1-8-10-7-12(16-3)11(15-2)6-9(10)4-5-14(8)13/h6-8H,4-5,13H2,1-3H3. The average molecular weight is 222 g/mol. The van der Waals surface area contributed by atoms with Gasteiger partial charge >= 0.3 is 0 Å². The van der Waals surface area contributed by atoms with Crippen LogP contribution in [0.2, 0.25) is 0 Å². The summed E-state index contributed by atoms with van der Waals surface area (Å²) in [4.78, 5) is 0. The van der Waals surface area contributed by atoms with Gasteiger partial charge in [-0.2, -0.15) is 0 Å². The number of hydrogen-bond donors (Lipinski definition) is 1. The Balaban J connectivity index is 2.48. The van der Waals surface area contributed by atoms with Crippen molar-refractivity contribution in [3.05, 3.63) is 23.3 Å². The van der Waals surface area contributed by atoms with Crippen molar-refractivity contribution in [1.82, 2.24) is 5.01 Å². The highest BCUT2D eigenvalue weighted by molar-refractivity contribution is 5.49. The lowest BCUT2D eigenvalue weighted by atomic mass is 9.94. The van der Waals surface area contributed by atoms with E-state index in [0.29, 0.717) is 0 Å². The molecule has 0 fully saturated rings. The fourth-order valence-electron chi connectivity index (χ4n) is 2.16. The maximum atomic E-state index is 5.92. The molecule has 4 nitrogen and oxygen atoms in total. The van der Waals surface area contributed by atoms with Gasteiger partial charge in [0.1, 0.15) is 0 Å². The summed E-state index contributed by atoms with van der Waals surface area (Å²) in [5.74, 6) is 7.47. The maximum absolute atomic E-state index is 5.92. The van der Waals surface area contributed by atoms with Crippen molar-refractivity contribution in [2.75, 3.05) is 20.8 Å². The SMILES string of the molecule is COc1cc2c(cc1OC)C(C)N(N)CC2. The van der Waals surface area contributed by atoms with Crippen LogP contribution >= 0.6 is 0 Å². The first-order chi connectivity index (χ1) is 7.67. The summed E-state index contributed by atoms with van der Waals surface area (Å²) in [5.41, 5.74) is 2.53. The van der Waals surface area contributed by atoms with E-state index in [2.05, 4.69) is 13.0 Å². The zero-order chi connectivity index (χ0) is 11.7. The average Bonchev–Trinajstić information content (AvgIpc) is 2.32. The Bertz CT molecular complexity index is 393. The molecule has 1 aromatic rings. The first-order valence-corrected chi connectivity index (χ1v) is 5.43. The number of nitrogens with zero attached hydrogens (tertiary/aromatic N) is 1. The Morgan fingerprint density at radius 2 is 1.88 bits per heavy atom. The first-order valence-electron chi connectivity index (χ1n) is 5.43. The highest BCUT2D eigenvalue weighted by Crippen LogP contribution is 2.36. The number of hydrazine groups is 1. The molecule has 0 aromatic heterocycles. The second-order valence-corrected chi connectivity index (χ2v) is 4.07. The van der Waals surface area contributed by atoms with Crippen molar-refractivity contribution in [2.45, 2.75) is 19.4 Å². The second-order valence-electron chi connectivity index (χ2n) is 4.07. The van der Waals surface area contributed by atoms with Crippen molar-refractivity contribution in [3.63, 3.8) is 0 Å². The first kappa shape index (κ1) is 11.2. The van der Waals surface area contributed by atoms with E-state index in [1.54, 1.807) is 14.2 Å². The smallest absolute Gasteiger partial charge is 0.161 e. The third kappa shape index (κ3) is 1.74. The van der Waals surface area contributed by atoms with E-state index in [4.69, 9.17) is 15.3 Å². The predicted molar refractivity (Wildman–Crippen MR) is 62.6 cm³/mol. The van der Waals surface area contributed by atoms with E-state index < -0.39 is 0 Å². The topological polar surface area (TPSA) is 47.7 Å². The molecule has 1 aliphatic rings. The number of rotatable bonds is 2. The summed E-state index contributed by atoms with van der Waals surface area (Å²) in [5, 5.41) is 1.86. The third-order valence-corrected chi connectivity index (χ3v) is 3.23. The zero-order valence-corrected chi connectivity index (χ0v) is 9.99. The lowest BCUT2D eigenvalue weighted by Crippen LogP contribution is -2.39. The molecular formula is C12H18N2O2. The Morgan fingerprint density at radius 1 is 1.25 bits per heavy atom. The van der Waals surface area contributed by atoms with Gasteiger partial charge in [-0.3, -0.25) is 5.84 Å². The Labute approximate surface area is 95.9 Å². The highest BCUT2D eigenvalue weighted by Gasteiger charge is 2.23. The third-order valence-electron chi connectivity index (χ3n) is 3.23. The molecule has 1 unspecified atom stereocenters. The van der Waals surface area contributed by atoms with Crippen LogP contribution in [0.15, 0.2) is 12.1 Å². The minimum atomic E-state index is 0.226. The summed E-state index contributed by atoms with van der Waals surface area (Å²) < 4.78 is 10.6. The summed E-state index contributed by atoms with van der Waals surface area (Å²) in [6.07, 6.45) is 0.955. The molecule has 1 aromatic carbocycles. The Hall–Kier alpha value is -1.26. The van der Waals surface area contributed by atoms with Gasteiger partial charge in [0.15, 0.2) is 11.5 Å². The van der Waals surface area contributed by atoms with Crippen LogP contribution in [0.25, 0.3) is 0 Å². The lowest BCUT2D eigenvalue weighted by molar-refractivity contribution is 0.202. The number of ether oxygens (including phenoxy) is 2. The highest BCUT2D eigenvalue weighted by atomic mass is 16.5. The van der Waals surface area contributed by atoms with Gasteiger partial charge in [-0.05, 0) is 36.6 Å². The number of fused-ring (bicyclic) bond motifs is 1. The van der Waals surface area contributed by atoms with Crippen molar-refractivity contribution in [2.24, 2.45) is 5.84 Å². The number of benzene rings is 1. The van der Waals surface area contributed by atoms with Crippen LogP contribution in [0.4, 0.5) is 0 Å². The largest absolute Gasteiger partial charge is 0.493 e. The molecule has 1 heterocycles. The van der Waals surface area contributed by atoms with Gasteiger partial charge in [-0.25, -0.2) is 5.01 Å². The van der Waals surface area contributed by atoms with Crippen LogP contribution in [-0.4, -0.2) is 25.8 Å². The van der Waals surface area contributed by atoms with E-state index in [1.165, 1.54) is 11.1 Å². The van der Waals surface area contributed by atoms with E-state index in [0.717, 1.165) is 24.5 Å². The van der Waals surface area contributed by atoms with Crippen molar-refractivity contribution >= 4 is 0 Å². The summed E-state index contributed by atoms with van der Waals surface area (Å²) in [6.45, 7) is 2.98. The Kier molecular flexibility index (Phi) is 3.03. The zero-order valence-electron chi connectivity index (χ0n) is 9.99. The fourth-order valence-corrected chi connectivity index (χ4v) is 2.16. The summed E-state index contributed by atoms with van der Waals surface area (Å²) in [6, 6.07) is 4.30.